The lowest BCUT2D eigenvalue weighted by atomic mass is 10.1. The quantitative estimate of drug-likeness (QED) is 0.647. The Morgan fingerprint density at radius 3 is 2.29 bits per heavy atom. The summed E-state index contributed by atoms with van der Waals surface area (Å²) in [6.07, 6.45) is -1.28. The van der Waals surface area contributed by atoms with Crippen LogP contribution >= 0.6 is 11.3 Å². The van der Waals surface area contributed by atoms with E-state index in [1.807, 2.05) is 30.3 Å². The van der Waals surface area contributed by atoms with Crippen LogP contribution in [0.4, 0.5) is 4.79 Å². The number of rotatable bonds is 5. The van der Waals surface area contributed by atoms with Crippen LogP contribution in [0.15, 0.2) is 66.0 Å². The fourth-order valence-corrected chi connectivity index (χ4v) is 3.18. The first-order valence-corrected chi connectivity index (χ1v) is 9.26. The van der Waals surface area contributed by atoms with Crippen LogP contribution in [0.1, 0.15) is 22.2 Å². The molecular weight excluding hydrogens is 378 g/mol. The van der Waals surface area contributed by atoms with Gasteiger partial charge in [-0.25, -0.2) is 14.6 Å². The van der Waals surface area contributed by atoms with Crippen molar-refractivity contribution < 1.29 is 19.1 Å². The zero-order valence-electron chi connectivity index (χ0n) is 14.9. The molecule has 0 radical (unpaired) electrons. The molecule has 1 atom stereocenters. The second kappa shape index (κ2) is 8.92. The standard InChI is InChI=1S/C20H17N3O4S/c1-21-20(26)23-17(24)16(13-8-4-2-5-9-13)27-19(25)15-12-28-18(22-15)14-10-6-3-7-11-14/h2-12,16H,1H3,(H2,21,23,24,26). The van der Waals surface area contributed by atoms with Crippen molar-refractivity contribution in [1.29, 1.82) is 0 Å². The van der Waals surface area contributed by atoms with Crippen LogP contribution in [0.5, 0.6) is 0 Å². The van der Waals surface area contributed by atoms with Gasteiger partial charge in [-0.05, 0) is 0 Å². The molecule has 0 aliphatic rings. The molecule has 0 aliphatic carbocycles. The Morgan fingerprint density at radius 1 is 1.00 bits per heavy atom. The number of carbonyl (C=O) groups is 3. The minimum absolute atomic E-state index is 0.0949. The van der Waals surface area contributed by atoms with E-state index in [0.29, 0.717) is 10.6 Å². The van der Waals surface area contributed by atoms with Gasteiger partial charge in [0.25, 0.3) is 5.91 Å². The summed E-state index contributed by atoms with van der Waals surface area (Å²) in [6, 6.07) is 17.2. The molecule has 7 nitrogen and oxygen atoms in total. The number of thiazole rings is 1. The Hall–Kier alpha value is -3.52. The molecule has 2 aromatic carbocycles. The van der Waals surface area contributed by atoms with Crippen molar-refractivity contribution in [1.82, 2.24) is 15.6 Å². The molecule has 3 rings (SSSR count). The van der Waals surface area contributed by atoms with Gasteiger partial charge in [-0.2, -0.15) is 0 Å². The number of nitrogens with one attached hydrogen (secondary N) is 2. The van der Waals surface area contributed by atoms with Crippen LogP contribution in [-0.2, 0) is 9.53 Å². The van der Waals surface area contributed by atoms with Crippen LogP contribution in [0.2, 0.25) is 0 Å². The number of imide groups is 1. The van der Waals surface area contributed by atoms with Gasteiger partial charge in [0.15, 0.2) is 5.69 Å². The number of carbonyl (C=O) groups excluding carboxylic acids is 3. The van der Waals surface area contributed by atoms with Gasteiger partial charge in [-0.1, -0.05) is 60.7 Å². The second-order valence-electron chi connectivity index (χ2n) is 5.67. The van der Waals surface area contributed by atoms with Crippen LogP contribution in [-0.4, -0.2) is 29.9 Å². The van der Waals surface area contributed by atoms with E-state index < -0.39 is 24.0 Å². The number of nitrogens with zero attached hydrogens (tertiary/aromatic N) is 1. The van der Waals surface area contributed by atoms with Crippen molar-refractivity contribution in [3.63, 3.8) is 0 Å². The molecule has 1 heterocycles. The first kappa shape index (κ1) is 19.2. The molecule has 0 saturated carbocycles. The van der Waals surface area contributed by atoms with Crippen LogP contribution in [0.3, 0.4) is 0 Å². The predicted octanol–water partition coefficient (Wildman–Crippen LogP) is 3.16. The minimum Gasteiger partial charge on any atom is -0.443 e. The molecular formula is C20H17N3O4S. The van der Waals surface area contributed by atoms with Gasteiger partial charge < -0.3 is 10.1 Å². The lowest BCUT2D eigenvalue weighted by Crippen LogP contribution is -2.41. The zero-order chi connectivity index (χ0) is 19.9. The molecule has 2 N–H and O–H groups in total. The molecule has 0 bridgehead atoms. The highest BCUT2D eigenvalue weighted by molar-refractivity contribution is 7.13. The molecule has 3 aromatic rings. The van der Waals surface area contributed by atoms with E-state index >= 15 is 0 Å². The molecule has 28 heavy (non-hydrogen) atoms. The fraction of sp³-hybridized carbons (Fsp3) is 0.100. The highest BCUT2D eigenvalue weighted by atomic mass is 32.1. The summed E-state index contributed by atoms with van der Waals surface area (Å²) in [5.74, 6) is -1.50. The molecule has 0 saturated heterocycles. The van der Waals surface area contributed by atoms with E-state index in [1.54, 1.807) is 35.7 Å². The van der Waals surface area contributed by atoms with Crippen LogP contribution < -0.4 is 10.6 Å². The van der Waals surface area contributed by atoms with Crippen LogP contribution in [0, 0.1) is 0 Å². The van der Waals surface area contributed by atoms with Gasteiger partial charge in [-0.15, -0.1) is 11.3 Å². The van der Waals surface area contributed by atoms with E-state index in [4.69, 9.17) is 4.74 Å². The topological polar surface area (TPSA) is 97.4 Å². The lowest BCUT2D eigenvalue weighted by molar-refractivity contribution is -0.129. The van der Waals surface area contributed by atoms with Crippen molar-refractivity contribution >= 4 is 29.2 Å². The smallest absolute Gasteiger partial charge is 0.358 e. The Kier molecular flexibility index (Phi) is 6.13. The molecule has 1 aromatic heterocycles. The summed E-state index contributed by atoms with van der Waals surface area (Å²) < 4.78 is 5.39. The third-order valence-corrected chi connectivity index (χ3v) is 4.65. The SMILES string of the molecule is CNC(=O)NC(=O)C(OC(=O)c1csc(-c2ccccc2)n1)c1ccccc1. The second-order valence-corrected chi connectivity index (χ2v) is 6.53. The average Bonchev–Trinajstić information content (AvgIpc) is 3.23. The summed E-state index contributed by atoms with van der Waals surface area (Å²) in [4.78, 5) is 40.8. The summed E-state index contributed by atoms with van der Waals surface area (Å²) in [6.45, 7) is 0. The number of amides is 3. The predicted molar refractivity (Wildman–Crippen MR) is 105 cm³/mol. The van der Waals surface area contributed by atoms with E-state index in [1.165, 1.54) is 18.4 Å². The lowest BCUT2D eigenvalue weighted by Gasteiger charge is -2.16. The Morgan fingerprint density at radius 2 is 1.64 bits per heavy atom. The van der Waals surface area contributed by atoms with Crippen LogP contribution in [0.25, 0.3) is 10.6 Å². The Bertz CT molecular complexity index is 973. The Balaban J connectivity index is 1.80. The normalized spacial score (nSPS) is 11.3. The summed E-state index contributed by atoms with van der Waals surface area (Å²) in [5, 5.41) is 6.66. The number of hydrogen-bond acceptors (Lipinski definition) is 6. The number of benzene rings is 2. The maximum Gasteiger partial charge on any atom is 0.358 e. The van der Waals surface area contributed by atoms with E-state index in [9.17, 15) is 14.4 Å². The maximum absolute atomic E-state index is 12.6. The van der Waals surface area contributed by atoms with E-state index in [0.717, 1.165) is 5.56 Å². The van der Waals surface area contributed by atoms with Crippen molar-refractivity contribution in [2.75, 3.05) is 7.05 Å². The maximum atomic E-state index is 12.6. The van der Waals surface area contributed by atoms with Gasteiger partial charge in [-0.3, -0.25) is 10.1 Å². The van der Waals surface area contributed by atoms with Gasteiger partial charge in [0.2, 0.25) is 6.10 Å². The largest absolute Gasteiger partial charge is 0.443 e. The molecule has 142 valence electrons. The summed E-state index contributed by atoms with van der Waals surface area (Å²) >= 11 is 1.30. The number of urea groups is 1. The van der Waals surface area contributed by atoms with Gasteiger partial charge in [0.1, 0.15) is 5.01 Å². The molecule has 3 amide bonds. The highest BCUT2D eigenvalue weighted by Crippen LogP contribution is 2.25. The van der Waals surface area contributed by atoms with Crippen molar-refractivity contribution in [3.8, 4) is 10.6 Å². The monoisotopic (exact) mass is 395 g/mol. The molecule has 0 spiro atoms. The number of esters is 1. The highest BCUT2D eigenvalue weighted by Gasteiger charge is 2.28. The molecule has 0 fully saturated rings. The van der Waals surface area contributed by atoms with Gasteiger partial charge >= 0.3 is 12.0 Å². The number of hydrogen-bond donors (Lipinski definition) is 2. The van der Waals surface area contributed by atoms with Gasteiger partial charge in [0, 0.05) is 23.6 Å². The van der Waals surface area contributed by atoms with Crippen molar-refractivity contribution in [3.05, 3.63) is 77.3 Å². The van der Waals surface area contributed by atoms with E-state index in [2.05, 4.69) is 15.6 Å². The molecule has 0 aliphatic heterocycles. The number of ether oxygens (including phenoxy) is 1. The first-order chi connectivity index (χ1) is 13.6. The third kappa shape index (κ3) is 4.60. The fourth-order valence-electron chi connectivity index (χ4n) is 2.39. The third-order valence-electron chi connectivity index (χ3n) is 3.76. The van der Waals surface area contributed by atoms with Crippen molar-refractivity contribution in [2.45, 2.75) is 6.10 Å². The zero-order valence-corrected chi connectivity index (χ0v) is 15.7. The minimum atomic E-state index is -1.28. The van der Waals surface area contributed by atoms with E-state index in [-0.39, 0.29) is 5.69 Å². The molecule has 1 unspecified atom stereocenters. The summed E-state index contributed by atoms with van der Waals surface area (Å²) in [5.41, 5.74) is 1.41. The summed E-state index contributed by atoms with van der Waals surface area (Å²) in [7, 11) is 1.38. The number of aromatic nitrogens is 1. The molecule has 8 heteroatoms. The van der Waals surface area contributed by atoms with Gasteiger partial charge in [0.05, 0.1) is 0 Å². The van der Waals surface area contributed by atoms with Crippen molar-refractivity contribution in [2.24, 2.45) is 0 Å². The Labute approximate surface area is 165 Å². The first-order valence-electron chi connectivity index (χ1n) is 8.38. The average molecular weight is 395 g/mol.